The van der Waals surface area contributed by atoms with Gasteiger partial charge in [0.15, 0.2) is 0 Å². The van der Waals surface area contributed by atoms with Crippen molar-refractivity contribution >= 4 is 0 Å². The topological polar surface area (TPSA) is 6.48 Å². The van der Waals surface area contributed by atoms with Crippen LogP contribution in [-0.4, -0.2) is 36.0 Å². The van der Waals surface area contributed by atoms with E-state index in [2.05, 4.69) is 41.0 Å². The van der Waals surface area contributed by atoms with Crippen LogP contribution in [0.3, 0.4) is 0 Å². The number of rotatable bonds is 5. The van der Waals surface area contributed by atoms with Gasteiger partial charge >= 0.3 is 6.18 Å². The van der Waals surface area contributed by atoms with Crippen LogP contribution in [0.2, 0.25) is 0 Å². The fraction of sp³-hybridized carbons (Fsp3) is 0.308. The van der Waals surface area contributed by atoms with Crippen LogP contribution in [0.1, 0.15) is 29.7 Å². The van der Waals surface area contributed by atoms with Gasteiger partial charge in [-0.25, -0.2) is 0 Å². The molecule has 5 heteroatoms. The maximum Gasteiger partial charge on any atom is 0.417 e. The first-order valence-electron chi connectivity index (χ1n) is 10.7. The van der Waals surface area contributed by atoms with Gasteiger partial charge in [-0.15, -0.1) is 0 Å². The van der Waals surface area contributed by atoms with Gasteiger partial charge in [-0.2, -0.15) is 13.2 Å². The van der Waals surface area contributed by atoms with Gasteiger partial charge in [-0.05, 0) is 34.9 Å². The van der Waals surface area contributed by atoms with Crippen molar-refractivity contribution in [1.29, 1.82) is 0 Å². The van der Waals surface area contributed by atoms with Gasteiger partial charge < -0.3 is 0 Å². The van der Waals surface area contributed by atoms with E-state index in [1.165, 1.54) is 17.7 Å². The predicted octanol–water partition coefficient (Wildman–Crippen LogP) is 6.25. The summed E-state index contributed by atoms with van der Waals surface area (Å²) in [4.78, 5) is 4.94. The van der Waals surface area contributed by atoms with E-state index in [4.69, 9.17) is 0 Å². The summed E-state index contributed by atoms with van der Waals surface area (Å²) in [6.45, 7) is 6.94. The maximum atomic E-state index is 13.3. The van der Waals surface area contributed by atoms with Crippen molar-refractivity contribution in [1.82, 2.24) is 9.80 Å². The minimum atomic E-state index is -4.36. The molecule has 0 radical (unpaired) electrons. The number of alkyl halides is 3. The average Bonchev–Trinajstić information content (AvgIpc) is 2.79. The van der Waals surface area contributed by atoms with Crippen LogP contribution < -0.4 is 0 Å². The van der Waals surface area contributed by atoms with Gasteiger partial charge in [-0.1, -0.05) is 79.7 Å². The average molecular weight is 425 g/mol. The largest absolute Gasteiger partial charge is 0.417 e. The van der Waals surface area contributed by atoms with Gasteiger partial charge in [0.05, 0.1) is 5.56 Å². The molecule has 1 atom stereocenters. The van der Waals surface area contributed by atoms with E-state index in [-0.39, 0.29) is 5.56 Å². The zero-order chi connectivity index (χ0) is 21.8. The summed E-state index contributed by atoms with van der Waals surface area (Å²) in [5.74, 6) is 0. The fourth-order valence-corrected chi connectivity index (χ4v) is 4.42. The van der Waals surface area contributed by atoms with Crippen molar-refractivity contribution in [2.75, 3.05) is 26.2 Å². The fourth-order valence-electron chi connectivity index (χ4n) is 4.42. The number of likely N-dealkylation sites (N-methyl/N-ethyl adjacent to an activating group) is 1. The predicted molar refractivity (Wildman–Crippen MR) is 119 cm³/mol. The monoisotopic (exact) mass is 424 g/mol. The first kappa shape index (κ1) is 21.6. The van der Waals surface area contributed by atoms with Crippen molar-refractivity contribution in [3.63, 3.8) is 0 Å². The summed E-state index contributed by atoms with van der Waals surface area (Å²) in [5.41, 5.74) is 2.67. The van der Waals surface area contributed by atoms with E-state index in [0.29, 0.717) is 11.6 Å². The summed E-state index contributed by atoms with van der Waals surface area (Å²) in [6, 6.07) is 24.2. The zero-order valence-corrected chi connectivity index (χ0v) is 17.6. The molecule has 4 rings (SSSR count). The Balaban J connectivity index is 1.49. The van der Waals surface area contributed by atoms with Crippen molar-refractivity contribution in [3.05, 3.63) is 95.6 Å². The quantitative estimate of drug-likeness (QED) is 0.478. The van der Waals surface area contributed by atoms with Crippen LogP contribution in [0.5, 0.6) is 0 Å². The molecule has 1 heterocycles. The molecule has 0 aliphatic carbocycles. The molecule has 1 saturated heterocycles. The van der Waals surface area contributed by atoms with Gasteiger partial charge in [0.1, 0.15) is 0 Å². The first-order chi connectivity index (χ1) is 15.0. The summed E-state index contributed by atoms with van der Waals surface area (Å²) < 4.78 is 40.0. The minimum Gasteiger partial charge on any atom is -0.296 e. The van der Waals surface area contributed by atoms with Crippen LogP contribution in [0.15, 0.2) is 78.9 Å². The molecule has 0 amide bonds. The van der Waals surface area contributed by atoms with Crippen LogP contribution in [0.4, 0.5) is 13.2 Å². The van der Waals surface area contributed by atoms with Gasteiger partial charge in [0.25, 0.3) is 0 Å². The third-order valence-electron chi connectivity index (χ3n) is 6.07. The summed E-state index contributed by atoms with van der Waals surface area (Å²) in [6.07, 6.45) is -4.36. The molecule has 0 N–H and O–H groups in total. The molecule has 0 bridgehead atoms. The van der Waals surface area contributed by atoms with Gasteiger partial charge in [-0.3, -0.25) is 9.80 Å². The summed E-state index contributed by atoms with van der Waals surface area (Å²) in [7, 11) is 0. The highest BCUT2D eigenvalue weighted by Crippen LogP contribution is 2.37. The Kier molecular flexibility index (Phi) is 6.44. The Morgan fingerprint density at radius 2 is 1.52 bits per heavy atom. The third kappa shape index (κ3) is 5.00. The molecule has 162 valence electrons. The lowest BCUT2D eigenvalue weighted by Crippen LogP contribution is -2.47. The Morgan fingerprint density at radius 1 is 0.839 bits per heavy atom. The molecule has 0 aromatic heterocycles. The molecule has 1 aliphatic heterocycles. The SMILES string of the molecule is CCN1CCN(Cc2ccc(-c3ccccc3C(F)(F)F)cc2)CC1c1ccccc1. The molecule has 1 unspecified atom stereocenters. The van der Waals surface area contributed by atoms with Crippen molar-refractivity contribution in [2.24, 2.45) is 0 Å². The number of nitrogens with zero attached hydrogens (tertiary/aromatic N) is 2. The molecule has 1 aliphatic rings. The molecule has 3 aromatic rings. The molecule has 1 fully saturated rings. The normalized spacial score (nSPS) is 18.3. The Bertz CT molecular complexity index is 984. The van der Waals surface area contributed by atoms with E-state index < -0.39 is 11.7 Å². The Labute approximate surface area is 181 Å². The standard InChI is InChI=1S/C26H27F3N2/c1-2-31-17-16-30(19-25(31)22-8-4-3-5-9-22)18-20-12-14-21(15-13-20)23-10-6-7-11-24(23)26(27,28)29/h3-15,25H,2,16-19H2,1H3. The highest BCUT2D eigenvalue weighted by atomic mass is 19.4. The van der Waals surface area contributed by atoms with Gasteiger partial charge in [0.2, 0.25) is 0 Å². The second kappa shape index (κ2) is 9.25. The Morgan fingerprint density at radius 3 is 2.19 bits per heavy atom. The number of hydrogen-bond donors (Lipinski definition) is 0. The number of benzene rings is 3. The summed E-state index contributed by atoms with van der Waals surface area (Å²) in [5, 5.41) is 0. The smallest absolute Gasteiger partial charge is 0.296 e. The molecular weight excluding hydrogens is 397 g/mol. The van der Waals surface area contributed by atoms with Crippen molar-refractivity contribution < 1.29 is 13.2 Å². The van der Waals surface area contributed by atoms with Crippen LogP contribution >= 0.6 is 0 Å². The molecule has 31 heavy (non-hydrogen) atoms. The lowest BCUT2D eigenvalue weighted by atomic mass is 9.98. The van der Waals surface area contributed by atoms with Crippen LogP contribution in [0, 0.1) is 0 Å². The molecule has 0 spiro atoms. The molecule has 2 nitrogen and oxygen atoms in total. The first-order valence-corrected chi connectivity index (χ1v) is 10.7. The molecule has 3 aromatic carbocycles. The van der Waals surface area contributed by atoms with Crippen molar-refractivity contribution in [2.45, 2.75) is 25.7 Å². The van der Waals surface area contributed by atoms with E-state index in [9.17, 15) is 13.2 Å². The zero-order valence-electron chi connectivity index (χ0n) is 17.6. The van der Waals surface area contributed by atoms with Gasteiger partial charge in [0, 0.05) is 32.2 Å². The third-order valence-corrected chi connectivity index (χ3v) is 6.07. The second-order valence-electron chi connectivity index (χ2n) is 8.03. The molecule has 0 saturated carbocycles. The van der Waals surface area contributed by atoms with E-state index in [1.807, 2.05) is 18.2 Å². The lowest BCUT2D eigenvalue weighted by molar-refractivity contribution is -0.137. The highest BCUT2D eigenvalue weighted by molar-refractivity contribution is 5.68. The van der Waals surface area contributed by atoms with E-state index in [1.54, 1.807) is 18.2 Å². The van der Waals surface area contributed by atoms with Crippen molar-refractivity contribution in [3.8, 4) is 11.1 Å². The number of hydrogen-bond acceptors (Lipinski definition) is 2. The maximum absolute atomic E-state index is 13.3. The summed E-state index contributed by atoms with van der Waals surface area (Å²) >= 11 is 0. The highest BCUT2D eigenvalue weighted by Gasteiger charge is 2.33. The number of piperazine rings is 1. The lowest BCUT2D eigenvalue weighted by Gasteiger charge is -2.41. The molecular formula is C26H27F3N2. The second-order valence-corrected chi connectivity index (χ2v) is 8.03. The van der Waals surface area contributed by atoms with E-state index in [0.717, 1.165) is 44.4 Å². The van der Waals surface area contributed by atoms with E-state index >= 15 is 0 Å². The Hall–Kier alpha value is -2.63. The minimum absolute atomic E-state index is 0.224. The van der Waals surface area contributed by atoms with Crippen LogP contribution in [-0.2, 0) is 12.7 Å². The van der Waals surface area contributed by atoms with Crippen LogP contribution in [0.25, 0.3) is 11.1 Å². The number of halogens is 3.